The maximum absolute atomic E-state index is 15.4. The number of carboxylic acid groups (broad SMARTS) is 1. The van der Waals surface area contributed by atoms with Crippen molar-refractivity contribution < 1.29 is 19.0 Å². The van der Waals surface area contributed by atoms with E-state index in [1.165, 1.54) is 0 Å². The Labute approximate surface area is 217 Å². The van der Waals surface area contributed by atoms with E-state index in [0.717, 1.165) is 60.3 Å². The first-order chi connectivity index (χ1) is 17.5. The van der Waals surface area contributed by atoms with Crippen LogP contribution in [-0.4, -0.2) is 47.7 Å². The van der Waals surface area contributed by atoms with Gasteiger partial charge in [0.2, 0.25) is 0 Å². The van der Waals surface area contributed by atoms with Gasteiger partial charge in [-0.25, -0.2) is 4.39 Å². The van der Waals surface area contributed by atoms with E-state index in [9.17, 15) is 9.90 Å². The molecule has 3 aromatic rings. The summed E-state index contributed by atoms with van der Waals surface area (Å²) in [5.74, 6) is -0.615. The second kappa shape index (κ2) is 12.5. The quantitative estimate of drug-likeness (QED) is 0.288. The number of halogens is 2. The van der Waals surface area contributed by atoms with Gasteiger partial charge in [0.05, 0.1) is 18.5 Å². The van der Waals surface area contributed by atoms with Gasteiger partial charge in [0.1, 0.15) is 11.9 Å². The fourth-order valence-corrected chi connectivity index (χ4v) is 5.54. The highest BCUT2D eigenvalue weighted by Crippen LogP contribution is 2.35. The van der Waals surface area contributed by atoms with Gasteiger partial charge >= 0.3 is 5.97 Å². The van der Waals surface area contributed by atoms with Gasteiger partial charge in [-0.3, -0.25) is 9.78 Å². The number of hydrogen-bond acceptors (Lipinski definition) is 4. The number of pyridine rings is 1. The number of rotatable bonds is 11. The predicted molar refractivity (Wildman–Crippen MR) is 141 cm³/mol. The number of carbonyl (C=O) groups is 1. The van der Waals surface area contributed by atoms with E-state index in [-0.39, 0.29) is 5.92 Å². The molecule has 0 unspecified atom stereocenters. The van der Waals surface area contributed by atoms with Gasteiger partial charge < -0.3 is 14.7 Å². The van der Waals surface area contributed by atoms with Crippen LogP contribution in [0.25, 0.3) is 10.9 Å². The minimum atomic E-state index is -1.18. The van der Waals surface area contributed by atoms with Crippen LogP contribution in [0.15, 0.2) is 54.7 Å². The lowest BCUT2D eigenvalue weighted by Crippen LogP contribution is -2.44. The van der Waals surface area contributed by atoms with Crippen LogP contribution in [0.4, 0.5) is 4.39 Å². The van der Waals surface area contributed by atoms with Gasteiger partial charge in [-0.2, -0.15) is 0 Å². The summed E-state index contributed by atoms with van der Waals surface area (Å²) >= 11 is 6.24. The minimum Gasteiger partial charge on any atom is -0.497 e. The molecule has 1 N–H and O–H groups in total. The molecule has 1 aliphatic rings. The molecule has 3 atom stereocenters. The van der Waals surface area contributed by atoms with Crippen molar-refractivity contribution in [1.29, 1.82) is 0 Å². The summed E-state index contributed by atoms with van der Waals surface area (Å²) in [6.07, 6.45) is 4.99. The molecule has 2 heterocycles. The Morgan fingerprint density at radius 1 is 1.25 bits per heavy atom. The summed E-state index contributed by atoms with van der Waals surface area (Å²) in [6.45, 7) is 2.25. The van der Waals surface area contributed by atoms with E-state index in [2.05, 4.69) is 16.0 Å². The summed E-state index contributed by atoms with van der Waals surface area (Å²) < 4.78 is 20.7. The van der Waals surface area contributed by atoms with Crippen LogP contribution in [0.1, 0.15) is 49.4 Å². The van der Waals surface area contributed by atoms with E-state index >= 15 is 4.39 Å². The van der Waals surface area contributed by atoms with Gasteiger partial charge in [0.25, 0.3) is 0 Å². The SMILES string of the molecule is COc1ccc2nccc([C@H](F)CC[C@@H]3CCN(CCCCc4ccccc4Cl)C[C@@H]3C(=O)O)c2c1. The Kier molecular flexibility index (Phi) is 9.16. The summed E-state index contributed by atoms with van der Waals surface area (Å²) in [5, 5.41) is 11.4. The molecule has 1 fully saturated rings. The van der Waals surface area contributed by atoms with Crippen molar-refractivity contribution in [2.45, 2.75) is 44.7 Å². The summed E-state index contributed by atoms with van der Waals surface area (Å²) in [4.78, 5) is 18.6. The smallest absolute Gasteiger partial charge is 0.308 e. The van der Waals surface area contributed by atoms with E-state index in [4.69, 9.17) is 16.3 Å². The second-order valence-corrected chi connectivity index (χ2v) is 10.1. The average Bonchev–Trinajstić information content (AvgIpc) is 2.90. The highest BCUT2D eigenvalue weighted by Gasteiger charge is 2.34. The molecule has 1 aromatic heterocycles. The fourth-order valence-electron chi connectivity index (χ4n) is 5.31. The molecule has 1 aliphatic heterocycles. The van der Waals surface area contributed by atoms with E-state index in [1.807, 2.05) is 36.4 Å². The molecule has 0 radical (unpaired) electrons. The molecule has 7 heteroatoms. The average molecular weight is 513 g/mol. The van der Waals surface area contributed by atoms with Crippen molar-refractivity contribution in [3.05, 3.63) is 70.9 Å². The van der Waals surface area contributed by atoms with Crippen LogP contribution in [-0.2, 0) is 11.2 Å². The number of likely N-dealkylation sites (tertiary alicyclic amines) is 1. The Morgan fingerprint density at radius 2 is 2.08 bits per heavy atom. The monoisotopic (exact) mass is 512 g/mol. The molecule has 0 spiro atoms. The lowest BCUT2D eigenvalue weighted by Gasteiger charge is -2.37. The first kappa shape index (κ1) is 26.4. The molecular formula is C29H34ClFN2O3. The Balaban J connectivity index is 1.30. The maximum Gasteiger partial charge on any atom is 0.308 e. The van der Waals surface area contributed by atoms with Crippen LogP contribution in [0.3, 0.4) is 0 Å². The van der Waals surface area contributed by atoms with Crippen LogP contribution < -0.4 is 4.74 Å². The number of nitrogens with zero attached hydrogens (tertiary/aromatic N) is 2. The lowest BCUT2D eigenvalue weighted by molar-refractivity contribution is -0.146. The van der Waals surface area contributed by atoms with Gasteiger partial charge in [-0.1, -0.05) is 29.8 Å². The molecule has 0 saturated carbocycles. The van der Waals surface area contributed by atoms with Crippen LogP contribution in [0, 0.1) is 11.8 Å². The van der Waals surface area contributed by atoms with Crippen molar-refractivity contribution in [2.24, 2.45) is 11.8 Å². The zero-order chi connectivity index (χ0) is 25.5. The summed E-state index contributed by atoms with van der Waals surface area (Å²) in [6, 6.07) is 15.1. The zero-order valence-electron chi connectivity index (χ0n) is 20.7. The molecule has 5 nitrogen and oxygen atoms in total. The van der Waals surface area contributed by atoms with Crippen LogP contribution >= 0.6 is 11.6 Å². The van der Waals surface area contributed by atoms with Crippen molar-refractivity contribution >= 4 is 28.5 Å². The summed E-state index contributed by atoms with van der Waals surface area (Å²) in [5.41, 5.74) is 2.46. The third-order valence-corrected chi connectivity index (χ3v) is 7.77. The van der Waals surface area contributed by atoms with Crippen molar-refractivity contribution in [2.75, 3.05) is 26.7 Å². The van der Waals surface area contributed by atoms with E-state index in [1.54, 1.807) is 19.4 Å². The number of hydrogen-bond donors (Lipinski definition) is 1. The predicted octanol–water partition coefficient (Wildman–Crippen LogP) is 6.73. The van der Waals surface area contributed by atoms with Crippen molar-refractivity contribution in [3.63, 3.8) is 0 Å². The van der Waals surface area contributed by atoms with E-state index < -0.39 is 18.1 Å². The number of fused-ring (bicyclic) bond motifs is 1. The lowest BCUT2D eigenvalue weighted by atomic mass is 9.81. The topological polar surface area (TPSA) is 62.7 Å². The maximum atomic E-state index is 15.4. The highest BCUT2D eigenvalue weighted by atomic mass is 35.5. The van der Waals surface area contributed by atoms with Crippen LogP contribution in [0.2, 0.25) is 5.02 Å². The molecule has 4 rings (SSSR count). The fraction of sp³-hybridized carbons (Fsp3) is 0.448. The molecule has 0 amide bonds. The minimum absolute atomic E-state index is 0.0252. The first-order valence-corrected chi connectivity index (χ1v) is 13.1. The number of benzene rings is 2. The van der Waals surface area contributed by atoms with Gasteiger partial charge in [-0.05, 0) is 99.0 Å². The third-order valence-electron chi connectivity index (χ3n) is 7.40. The number of carboxylic acids is 1. The van der Waals surface area contributed by atoms with Gasteiger partial charge in [0, 0.05) is 23.2 Å². The number of piperidine rings is 1. The van der Waals surface area contributed by atoms with E-state index in [0.29, 0.717) is 30.7 Å². The van der Waals surface area contributed by atoms with Gasteiger partial charge in [-0.15, -0.1) is 0 Å². The molecule has 1 saturated heterocycles. The molecule has 36 heavy (non-hydrogen) atoms. The largest absolute Gasteiger partial charge is 0.497 e. The van der Waals surface area contributed by atoms with Crippen molar-refractivity contribution in [1.82, 2.24) is 9.88 Å². The molecular weight excluding hydrogens is 479 g/mol. The number of alkyl halides is 1. The Hall–Kier alpha value is -2.70. The number of unbranched alkanes of at least 4 members (excludes halogenated alkanes) is 1. The molecule has 192 valence electrons. The van der Waals surface area contributed by atoms with Crippen LogP contribution in [0.5, 0.6) is 5.75 Å². The standard InChI is InChI=1S/C29H34ClFN2O3/c1-36-22-10-12-28-24(18-22)23(13-15-32-28)27(31)11-9-20-14-17-33(19-25(20)29(34)35)16-5-4-7-21-6-2-3-8-26(21)30/h2-3,6,8,10,12-13,15,18,20,25,27H,4-5,7,9,11,14,16-17,19H2,1H3,(H,34,35)/t20-,25+,27-/m1/s1. The summed E-state index contributed by atoms with van der Waals surface area (Å²) in [7, 11) is 1.58. The normalized spacial score (nSPS) is 19.3. The number of aromatic nitrogens is 1. The van der Waals surface area contributed by atoms with Crippen molar-refractivity contribution in [3.8, 4) is 5.75 Å². The first-order valence-electron chi connectivity index (χ1n) is 12.7. The zero-order valence-corrected chi connectivity index (χ0v) is 21.5. The molecule has 0 bridgehead atoms. The number of ether oxygens (including phenoxy) is 1. The number of aryl methyl sites for hydroxylation is 1. The molecule has 0 aliphatic carbocycles. The molecule has 2 aromatic carbocycles. The second-order valence-electron chi connectivity index (χ2n) is 9.67. The third kappa shape index (κ3) is 6.54. The number of aliphatic carboxylic acids is 1. The Morgan fingerprint density at radius 3 is 2.86 bits per heavy atom. The Bertz CT molecular complexity index is 1170. The van der Waals surface area contributed by atoms with Gasteiger partial charge in [0.15, 0.2) is 0 Å². The highest BCUT2D eigenvalue weighted by molar-refractivity contribution is 6.31. The number of methoxy groups -OCH3 is 1.